The molecule has 2 aromatic carbocycles. The lowest BCUT2D eigenvalue weighted by Gasteiger charge is -2.28. The maximum atomic E-state index is 14.5. The number of halogens is 1. The van der Waals surface area contributed by atoms with E-state index in [4.69, 9.17) is 4.74 Å². The van der Waals surface area contributed by atoms with Crippen molar-refractivity contribution in [2.24, 2.45) is 0 Å². The van der Waals surface area contributed by atoms with Crippen LogP contribution in [0.4, 0.5) is 4.39 Å². The molecule has 1 fully saturated rings. The summed E-state index contributed by atoms with van der Waals surface area (Å²) in [7, 11) is 1.69. The number of nitrogens with zero attached hydrogens (tertiary/aromatic N) is 3. The van der Waals surface area contributed by atoms with E-state index in [2.05, 4.69) is 27.3 Å². The summed E-state index contributed by atoms with van der Waals surface area (Å²) >= 11 is 0. The first-order valence-corrected chi connectivity index (χ1v) is 10.1. The minimum atomic E-state index is -0.242. The van der Waals surface area contributed by atoms with Crippen molar-refractivity contribution < 1.29 is 9.13 Å². The summed E-state index contributed by atoms with van der Waals surface area (Å²) in [5, 5.41) is 3.53. The van der Waals surface area contributed by atoms with Crippen LogP contribution in [0.1, 0.15) is 30.0 Å². The van der Waals surface area contributed by atoms with Crippen LogP contribution in [0.2, 0.25) is 0 Å². The number of nitrogens with one attached hydrogen (secondary N) is 1. The van der Waals surface area contributed by atoms with E-state index in [0.717, 1.165) is 30.9 Å². The molecule has 1 N–H and O–H groups in total. The van der Waals surface area contributed by atoms with Crippen molar-refractivity contribution in [3.63, 3.8) is 0 Å². The van der Waals surface area contributed by atoms with E-state index in [-0.39, 0.29) is 5.82 Å². The van der Waals surface area contributed by atoms with Gasteiger partial charge in [-0.2, -0.15) is 0 Å². The van der Waals surface area contributed by atoms with Crippen molar-refractivity contribution >= 4 is 0 Å². The predicted octanol–water partition coefficient (Wildman–Crippen LogP) is 3.95. The van der Waals surface area contributed by atoms with Gasteiger partial charge in [0.15, 0.2) is 0 Å². The van der Waals surface area contributed by atoms with Crippen LogP contribution in [-0.4, -0.2) is 41.2 Å². The highest BCUT2D eigenvalue weighted by molar-refractivity contribution is 5.36. The highest BCUT2D eigenvalue weighted by Gasteiger charge is 2.23. The van der Waals surface area contributed by atoms with E-state index in [0.29, 0.717) is 18.3 Å². The van der Waals surface area contributed by atoms with Gasteiger partial charge >= 0.3 is 0 Å². The zero-order valence-corrected chi connectivity index (χ0v) is 16.7. The van der Waals surface area contributed by atoms with Crippen LogP contribution in [-0.2, 0) is 6.54 Å². The molecule has 152 valence electrons. The number of aromatic nitrogens is 2. The van der Waals surface area contributed by atoms with E-state index in [1.807, 2.05) is 18.2 Å². The number of ether oxygens (including phenoxy) is 1. The first kappa shape index (κ1) is 19.6. The normalized spacial score (nSPS) is 15.5. The maximum absolute atomic E-state index is 14.5. The Morgan fingerprint density at radius 1 is 1.14 bits per heavy atom. The van der Waals surface area contributed by atoms with Crippen LogP contribution in [0.25, 0.3) is 5.69 Å². The van der Waals surface area contributed by atoms with Crippen LogP contribution in [0.3, 0.4) is 0 Å². The molecular formula is C23H27FN4O. The average Bonchev–Trinajstić information content (AvgIpc) is 3.46. The van der Waals surface area contributed by atoms with Crippen LogP contribution in [0.15, 0.2) is 61.2 Å². The Hall–Kier alpha value is -2.70. The number of rotatable bonds is 8. The third-order valence-corrected chi connectivity index (χ3v) is 5.54. The number of hydrogen-bond acceptors (Lipinski definition) is 4. The lowest BCUT2D eigenvalue weighted by atomic mass is 10.0. The van der Waals surface area contributed by atoms with E-state index in [1.54, 1.807) is 42.5 Å². The first-order chi connectivity index (χ1) is 14.2. The minimum Gasteiger partial charge on any atom is -0.497 e. The molecule has 0 amide bonds. The van der Waals surface area contributed by atoms with Gasteiger partial charge in [0.2, 0.25) is 0 Å². The quantitative estimate of drug-likeness (QED) is 0.628. The molecule has 29 heavy (non-hydrogen) atoms. The minimum absolute atomic E-state index is 0.242. The zero-order chi connectivity index (χ0) is 20.1. The third-order valence-electron chi connectivity index (χ3n) is 5.54. The summed E-state index contributed by atoms with van der Waals surface area (Å²) in [6, 6.07) is 14.0. The number of likely N-dealkylation sites (tertiary alicyclic amines) is 1. The molecule has 2 heterocycles. The lowest BCUT2D eigenvalue weighted by molar-refractivity contribution is 0.238. The summed E-state index contributed by atoms with van der Waals surface area (Å²) in [6.07, 6.45) is 7.48. The van der Waals surface area contributed by atoms with Gasteiger partial charge in [0.1, 0.15) is 11.6 Å². The smallest absolute Gasteiger partial charge is 0.147 e. The van der Waals surface area contributed by atoms with Gasteiger partial charge in [0.05, 0.1) is 19.1 Å². The van der Waals surface area contributed by atoms with E-state index < -0.39 is 0 Å². The fourth-order valence-electron chi connectivity index (χ4n) is 3.96. The Morgan fingerprint density at radius 2 is 1.93 bits per heavy atom. The van der Waals surface area contributed by atoms with Gasteiger partial charge in [0, 0.05) is 31.5 Å². The lowest BCUT2D eigenvalue weighted by Crippen LogP contribution is -2.34. The molecule has 0 spiro atoms. The van der Waals surface area contributed by atoms with Gasteiger partial charge in [-0.05, 0) is 61.3 Å². The molecule has 3 aromatic rings. The van der Waals surface area contributed by atoms with Crippen molar-refractivity contribution in [1.29, 1.82) is 0 Å². The Balaban J connectivity index is 1.41. The van der Waals surface area contributed by atoms with Crippen molar-refractivity contribution in [2.75, 3.05) is 26.7 Å². The summed E-state index contributed by atoms with van der Waals surface area (Å²) in [4.78, 5) is 6.51. The van der Waals surface area contributed by atoms with E-state index in [9.17, 15) is 4.39 Å². The summed E-state index contributed by atoms with van der Waals surface area (Å²) in [6.45, 7) is 3.68. The fourth-order valence-corrected chi connectivity index (χ4v) is 3.96. The van der Waals surface area contributed by atoms with Crippen molar-refractivity contribution in [2.45, 2.75) is 25.4 Å². The Kier molecular flexibility index (Phi) is 6.22. The highest BCUT2D eigenvalue weighted by atomic mass is 19.1. The van der Waals surface area contributed by atoms with Crippen LogP contribution < -0.4 is 10.1 Å². The fraction of sp³-hybridized carbons (Fsp3) is 0.348. The molecule has 4 rings (SSSR count). The van der Waals surface area contributed by atoms with Crippen LogP contribution in [0.5, 0.6) is 5.75 Å². The van der Waals surface area contributed by atoms with Gasteiger partial charge in [-0.25, -0.2) is 9.37 Å². The van der Waals surface area contributed by atoms with Gasteiger partial charge in [0.25, 0.3) is 0 Å². The average molecular weight is 394 g/mol. The van der Waals surface area contributed by atoms with Crippen molar-refractivity contribution in [1.82, 2.24) is 19.8 Å². The zero-order valence-electron chi connectivity index (χ0n) is 16.7. The number of benzene rings is 2. The maximum Gasteiger partial charge on any atom is 0.147 e. The molecule has 6 heteroatoms. The molecule has 1 saturated heterocycles. The molecule has 5 nitrogen and oxygen atoms in total. The molecule has 1 aliphatic rings. The topological polar surface area (TPSA) is 42.3 Å². The second-order valence-electron chi connectivity index (χ2n) is 7.42. The largest absolute Gasteiger partial charge is 0.497 e. The SMILES string of the molecule is COc1ccc(C(CNCc2ccc(-n3ccnc3)c(F)c2)N2CCCC2)cc1. The monoisotopic (exact) mass is 394 g/mol. The van der Waals surface area contributed by atoms with E-state index >= 15 is 0 Å². The summed E-state index contributed by atoms with van der Waals surface area (Å²) in [5.74, 6) is 0.629. The van der Waals surface area contributed by atoms with Crippen LogP contribution >= 0.6 is 0 Å². The molecular weight excluding hydrogens is 367 g/mol. The molecule has 0 radical (unpaired) electrons. The first-order valence-electron chi connectivity index (χ1n) is 10.1. The van der Waals surface area contributed by atoms with Gasteiger partial charge in [-0.3, -0.25) is 4.90 Å². The van der Waals surface area contributed by atoms with Crippen molar-refractivity contribution in [3.05, 3.63) is 78.1 Å². The van der Waals surface area contributed by atoms with Gasteiger partial charge in [-0.15, -0.1) is 0 Å². The summed E-state index contributed by atoms with van der Waals surface area (Å²) in [5.41, 5.74) is 2.72. The van der Waals surface area contributed by atoms with Gasteiger partial charge in [-0.1, -0.05) is 18.2 Å². The predicted molar refractivity (Wildman–Crippen MR) is 112 cm³/mol. The molecule has 1 unspecified atom stereocenters. The number of methoxy groups -OCH3 is 1. The Labute approximate surface area is 171 Å². The third kappa shape index (κ3) is 4.66. The standard InChI is InChI=1S/C23H27FN4O/c1-29-20-7-5-19(6-8-20)23(27-11-2-3-12-27)16-26-15-18-4-9-22(21(24)14-18)28-13-10-25-17-28/h4-10,13-14,17,23,26H,2-3,11-12,15-16H2,1H3. The number of hydrogen-bond donors (Lipinski definition) is 1. The molecule has 1 aromatic heterocycles. The van der Waals surface area contributed by atoms with Crippen molar-refractivity contribution in [3.8, 4) is 11.4 Å². The molecule has 0 aliphatic carbocycles. The molecule has 0 bridgehead atoms. The highest BCUT2D eigenvalue weighted by Crippen LogP contribution is 2.26. The van der Waals surface area contributed by atoms with Crippen LogP contribution in [0, 0.1) is 5.82 Å². The Bertz CT molecular complexity index is 905. The summed E-state index contributed by atoms with van der Waals surface area (Å²) < 4.78 is 21.5. The molecule has 0 saturated carbocycles. The van der Waals surface area contributed by atoms with E-state index in [1.165, 1.54) is 18.4 Å². The molecule has 1 atom stereocenters. The second-order valence-corrected chi connectivity index (χ2v) is 7.42. The molecule has 1 aliphatic heterocycles. The second kappa shape index (κ2) is 9.20. The number of imidazole rings is 1. The van der Waals surface area contributed by atoms with Gasteiger partial charge < -0.3 is 14.6 Å². The Morgan fingerprint density at radius 3 is 2.59 bits per heavy atom.